The first-order valence-corrected chi connectivity index (χ1v) is 8.67. The summed E-state index contributed by atoms with van der Waals surface area (Å²) in [5.41, 5.74) is 2.30. The van der Waals surface area contributed by atoms with Crippen LogP contribution >= 0.6 is 15.9 Å². The second-order valence-electron chi connectivity index (χ2n) is 6.03. The number of fused-ring (bicyclic) bond motifs is 2. The van der Waals surface area contributed by atoms with Gasteiger partial charge < -0.3 is 13.9 Å². The molecule has 5 nitrogen and oxygen atoms in total. The van der Waals surface area contributed by atoms with Crippen LogP contribution in [-0.2, 0) is 5.60 Å². The number of aromatic nitrogens is 4. The molecular formula is C18H17BrN4O. The standard InChI is InChI=1S/C11H12N2O.C7H5BrN2/c14-11(3-1-4-11)9-2-6-13-7-5-12-10(13)8-9;8-6-1-3-10-4-2-9-7(10)5-6/h2,5-8,14H,1,3-4H2;1-5H. The van der Waals surface area contributed by atoms with Gasteiger partial charge in [-0.15, -0.1) is 0 Å². The molecule has 0 aliphatic heterocycles. The Bertz CT molecular complexity index is 987. The average Bonchev–Trinajstić information content (AvgIpc) is 3.20. The van der Waals surface area contributed by atoms with E-state index in [2.05, 4.69) is 25.9 Å². The molecule has 1 saturated carbocycles. The summed E-state index contributed by atoms with van der Waals surface area (Å²) in [5, 5.41) is 10.1. The summed E-state index contributed by atoms with van der Waals surface area (Å²) >= 11 is 3.36. The molecule has 1 fully saturated rings. The molecule has 0 bridgehead atoms. The Morgan fingerprint density at radius 3 is 2.17 bits per heavy atom. The monoisotopic (exact) mass is 384 g/mol. The molecular weight excluding hydrogens is 368 g/mol. The van der Waals surface area contributed by atoms with Crippen molar-refractivity contribution in [1.29, 1.82) is 0 Å². The molecule has 0 saturated heterocycles. The van der Waals surface area contributed by atoms with Gasteiger partial charge in [0.15, 0.2) is 0 Å². The minimum absolute atomic E-state index is 0.576. The predicted molar refractivity (Wildman–Crippen MR) is 95.8 cm³/mol. The fourth-order valence-electron chi connectivity index (χ4n) is 2.89. The summed E-state index contributed by atoms with van der Waals surface area (Å²) in [4.78, 5) is 8.32. The molecule has 0 aromatic carbocycles. The summed E-state index contributed by atoms with van der Waals surface area (Å²) in [6, 6.07) is 7.90. The van der Waals surface area contributed by atoms with Crippen molar-refractivity contribution in [2.24, 2.45) is 0 Å². The maximum atomic E-state index is 10.1. The molecule has 4 aromatic rings. The van der Waals surface area contributed by atoms with Crippen molar-refractivity contribution in [3.63, 3.8) is 0 Å². The zero-order valence-electron chi connectivity index (χ0n) is 13.0. The van der Waals surface area contributed by atoms with Gasteiger partial charge in [0.05, 0.1) is 5.60 Å². The lowest BCUT2D eigenvalue weighted by atomic mass is 9.75. The summed E-state index contributed by atoms with van der Waals surface area (Å²) < 4.78 is 4.97. The smallest absolute Gasteiger partial charge is 0.137 e. The van der Waals surface area contributed by atoms with Crippen molar-refractivity contribution in [3.05, 3.63) is 71.5 Å². The van der Waals surface area contributed by atoms with Crippen LogP contribution < -0.4 is 0 Å². The molecule has 1 aliphatic carbocycles. The maximum Gasteiger partial charge on any atom is 0.137 e. The van der Waals surface area contributed by atoms with E-state index >= 15 is 0 Å². The topological polar surface area (TPSA) is 54.8 Å². The summed E-state index contributed by atoms with van der Waals surface area (Å²) in [6.45, 7) is 0. The Hall–Kier alpha value is -2.18. The molecule has 0 spiro atoms. The van der Waals surface area contributed by atoms with Gasteiger partial charge in [0.2, 0.25) is 0 Å². The zero-order chi connectivity index (χ0) is 16.6. The number of pyridine rings is 2. The largest absolute Gasteiger partial charge is 0.385 e. The van der Waals surface area contributed by atoms with Crippen molar-refractivity contribution < 1.29 is 5.11 Å². The SMILES string of the molecule is Brc1ccn2ccnc2c1.OC1(c2ccn3ccnc3c2)CCC1. The lowest BCUT2D eigenvalue weighted by molar-refractivity contribution is -0.0387. The van der Waals surface area contributed by atoms with Crippen LogP contribution in [-0.4, -0.2) is 23.9 Å². The van der Waals surface area contributed by atoms with E-state index in [9.17, 15) is 5.11 Å². The highest BCUT2D eigenvalue weighted by Gasteiger charge is 2.36. The molecule has 0 unspecified atom stereocenters. The number of aliphatic hydroxyl groups is 1. The first-order valence-electron chi connectivity index (χ1n) is 7.88. The minimum atomic E-state index is -0.576. The second kappa shape index (κ2) is 6.03. The molecule has 0 radical (unpaired) electrons. The van der Waals surface area contributed by atoms with Crippen LogP contribution in [0.3, 0.4) is 0 Å². The lowest BCUT2D eigenvalue weighted by Crippen LogP contribution is -2.33. The van der Waals surface area contributed by atoms with Crippen LogP contribution in [0.4, 0.5) is 0 Å². The third-order valence-electron chi connectivity index (χ3n) is 4.48. The molecule has 4 heterocycles. The van der Waals surface area contributed by atoms with Crippen molar-refractivity contribution in [2.45, 2.75) is 24.9 Å². The molecule has 0 amide bonds. The van der Waals surface area contributed by atoms with E-state index in [0.717, 1.165) is 40.6 Å². The number of rotatable bonds is 1. The maximum absolute atomic E-state index is 10.1. The Balaban J connectivity index is 0.000000129. The molecule has 1 N–H and O–H groups in total. The van der Waals surface area contributed by atoms with E-state index in [1.165, 1.54) is 0 Å². The Labute approximate surface area is 147 Å². The highest BCUT2D eigenvalue weighted by atomic mass is 79.9. The molecule has 24 heavy (non-hydrogen) atoms. The first-order chi connectivity index (χ1) is 11.6. The first kappa shape index (κ1) is 15.4. The van der Waals surface area contributed by atoms with Gasteiger partial charge in [0.1, 0.15) is 11.3 Å². The molecule has 122 valence electrons. The lowest BCUT2D eigenvalue weighted by Gasteiger charge is -2.36. The van der Waals surface area contributed by atoms with Crippen LogP contribution in [0, 0.1) is 0 Å². The van der Waals surface area contributed by atoms with Crippen LogP contribution in [0.2, 0.25) is 0 Å². The number of hydrogen-bond donors (Lipinski definition) is 1. The van der Waals surface area contributed by atoms with Crippen LogP contribution in [0.15, 0.2) is 65.9 Å². The zero-order valence-corrected chi connectivity index (χ0v) is 14.6. The average molecular weight is 385 g/mol. The van der Waals surface area contributed by atoms with Gasteiger partial charge in [-0.05, 0) is 49.1 Å². The molecule has 0 atom stereocenters. The number of imidazole rings is 2. The van der Waals surface area contributed by atoms with Gasteiger partial charge in [-0.25, -0.2) is 9.97 Å². The Kier molecular flexibility index (Phi) is 3.86. The number of halogens is 1. The Morgan fingerprint density at radius 1 is 0.917 bits per heavy atom. The van der Waals surface area contributed by atoms with E-state index in [0.29, 0.717) is 0 Å². The molecule has 5 rings (SSSR count). The normalized spacial score (nSPS) is 15.8. The van der Waals surface area contributed by atoms with Crippen molar-refractivity contribution in [3.8, 4) is 0 Å². The van der Waals surface area contributed by atoms with Crippen LogP contribution in [0.5, 0.6) is 0 Å². The summed E-state index contributed by atoms with van der Waals surface area (Å²) in [6.07, 6.45) is 14.2. The molecule has 1 aliphatic rings. The number of hydrogen-bond acceptors (Lipinski definition) is 3. The summed E-state index contributed by atoms with van der Waals surface area (Å²) in [5.74, 6) is 0. The third kappa shape index (κ3) is 2.83. The highest BCUT2D eigenvalue weighted by Crippen LogP contribution is 2.41. The fourth-order valence-corrected chi connectivity index (χ4v) is 3.21. The van der Waals surface area contributed by atoms with Gasteiger partial charge in [-0.3, -0.25) is 0 Å². The van der Waals surface area contributed by atoms with E-state index in [-0.39, 0.29) is 0 Å². The van der Waals surface area contributed by atoms with E-state index < -0.39 is 5.60 Å². The molecule has 4 aromatic heterocycles. The fraction of sp³-hybridized carbons (Fsp3) is 0.222. The van der Waals surface area contributed by atoms with Crippen molar-refractivity contribution >= 4 is 27.2 Å². The Morgan fingerprint density at radius 2 is 1.54 bits per heavy atom. The van der Waals surface area contributed by atoms with Gasteiger partial charge in [0.25, 0.3) is 0 Å². The van der Waals surface area contributed by atoms with Crippen molar-refractivity contribution in [2.75, 3.05) is 0 Å². The van der Waals surface area contributed by atoms with Crippen molar-refractivity contribution in [1.82, 2.24) is 18.8 Å². The minimum Gasteiger partial charge on any atom is -0.385 e. The second-order valence-corrected chi connectivity index (χ2v) is 6.95. The predicted octanol–water partition coefficient (Wildman–Crippen LogP) is 3.80. The molecule has 6 heteroatoms. The third-order valence-corrected chi connectivity index (χ3v) is 4.97. The van der Waals surface area contributed by atoms with Gasteiger partial charge >= 0.3 is 0 Å². The van der Waals surface area contributed by atoms with Gasteiger partial charge in [0, 0.05) is 41.7 Å². The van der Waals surface area contributed by atoms with Gasteiger partial charge in [-0.2, -0.15) is 0 Å². The van der Waals surface area contributed by atoms with E-state index in [1.807, 2.05) is 57.9 Å². The van der Waals surface area contributed by atoms with E-state index in [1.54, 1.807) is 12.4 Å². The van der Waals surface area contributed by atoms with E-state index in [4.69, 9.17) is 0 Å². The van der Waals surface area contributed by atoms with Crippen LogP contribution in [0.1, 0.15) is 24.8 Å². The highest BCUT2D eigenvalue weighted by molar-refractivity contribution is 9.10. The van der Waals surface area contributed by atoms with Gasteiger partial charge in [-0.1, -0.05) is 15.9 Å². The number of nitrogens with zero attached hydrogens (tertiary/aromatic N) is 4. The van der Waals surface area contributed by atoms with Crippen LogP contribution in [0.25, 0.3) is 11.3 Å². The quantitative estimate of drug-likeness (QED) is 0.542. The summed E-state index contributed by atoms with van der Waals surface area (Å²) in [7, 11) is 0.